The van der Waals surface area contributed by atoms with Gasteiger partial charge in [0.1, 0.15) is 11.5 Å². The molecule has 0 aliphatic rings. The van der Waals surface area contributed by atoms with Crippen molar-refractivity contribution >= 4 is 27.6 Å². The fourth-order valence-electron chi connectivity index (χ4n) is 2.67. The summed E-state index contributed by atoms with van der Waals surface area (Å²) in [5.74, 6) is -7.44. The maximum absolute atomic E-state index is 14.2. The van der Waals surface area contributed by atoms with E-state index in [0.717, 1.165) is 0 Å². The molecule has 3 aromatic rings. The molecule has 10 heteroatoms. The average Bonchev–Trinajstić information content (AvgIpc) is 2.67. The minimum atomic E-state index is -5.29. The first-order valence-electron chi connectivity index (χ1n) is 8.31. The van der Waals surface area contributed by atoms with Crippen LogP contribution in [0.25, 0.3) is 10.8 Å². The zero-order valence-electron chi connectivity index (χ0n) is 15.0. The SMILES string of the molecule is CC(Oc1cccc2c(Oc3c(F)cc(C(F)(F)F)c(F)c3F)cccc12)C(=O)Cl. The minimum Gasteiger partial charge on any atom is -0.481 e. The number of fused-ring (bicyclic) bond motifs is 1. The number of carbonyl (C=O) groups is 1. The van der Waals surface area contributed by atoms with Crippen molar-refractivity contribution in [2.45, 2.75) is 19.2 Å². The van der Waals surface area contributed by atoms with E-state index in [-0.39, 0.29) is 23.0 Å². The number of benzene rings is 3. The van der Waals surface area contributed by atoms with Gasteiger partial charge in [-0.05, 0) is 36.7 Å². The van der Waals surface area contributed by atoms with Crippen molar-refractivity contribution in [1.29, 1.82) is 0 Å². The van der Waals surface area contributed by atoms with E-state index >= 15 is 0 Å². The van der Waals surface area contributed by atoms with E-state index in [0.29, 0.717) is 5.39 Å². The van der Waals surface area contributed by atoms with Crippen molar-refractivity contribution in [3.63, 3.8) is 0 Å². The quantitative estimate of drug-likeness (QED) is 0.250. The van der Waals surface area contributed by atoms with Crippen LogP contribution in [-0.2, 0) is 11.0 Å². The topological polar surface area (TPSA) is 35.5 Å². The monoisotopic (exact) mass is 448 g/mol. The highest BCUT2D eigenvalue weighted by Gasteiger charge is 2.38. The number of halogens is 7. The van der Waals surface area contributed by atoms with Crippen molar-refractivity contribution in [2.75, 3.05) is 0 Å². The second-order valence-corrected chi connectivity index (χ2v) is 6.51. The Morgan fingerprint density at radius 1 is 0.967 bits per heavy atom. The standard InChI is InChI=1S/C20H11ClF6O3/c1-9(19(21)28)29-14-6-2-5-11-10(14)4-3-7-15(11)30-18-13(22)8-12(20(25,26)27)16(23)17(18)24/h2-9H,1H3. The summed E-state index contributed by atoms with van der Waals surface area (Å²) in [6.07, 6.45) is -6.28. The van der Waals surface area contributed by atoms with E-state index in [9.17, 15) is 31.1 Å². The van der Waals surface area contributed by atoms with Gasteiger partial charge in [-0.1, -0.05) is 24.3 Å². The first kappa shape index (κ1) is 21.8. The normalized spacial score (nSPS) is 12.7. The summed E-state index contributed by atoms with van der Waals surface area (Å²) in [6, 6.07) is 8.51. The number of hydrogen-bond acceptors (Lipinski definition) is 3. The van der Waals surface area contributed by atoms with Crippen LogP contribution in [0.1, 0.15) is 12.5 Å². The van der Waals surface area contributed by atoms with E-state index in [1.54, 1.807) is 6.07 Å². The van der Waals surface area contributed by atoms with Crippen molar-refractivity contribution in [3.8, 4) is 17.2 Å². The maximum Gasteiger partial charge on any atom is 0.419 e. The first-order chi connectivity index (χ1) is 14.0. The summed E-state index contributed by atoms with van der Waals surface area (Å²) in [4.78, 5) is 11.2. The Morgan fingerprint density at radius 3 is 2.10 bits per heavy atom. The number of hydrogen-bond donors (Lipinski definition) is 0. The summed E-state index contributed by atoms with van der Waals surface area (Å²) in [5, 5.41) is -0.167. The van der Waals surface area contributed by atoms with E-state index in [1.165, 1.54) is 37.3 Å². The van der Waals surface area contributed by atoms with Crippen LogP contribution < -0.4 is 9.47 Å². The molecule has 0 heterocycles. The van der Waals surface area contributed by atoms with Crippen LogP contribution in [0.4, 0.5) is 26.3 Å². The molecule has 3 aromatic carbocycles. The average molecular weight is 449 g/mol. The summed E-state index contributed by atoms with van der Waals surface area (Å²) in [6.45, 7) is 1.41. The van der Waals surface area contributed by atoms with Gasteiger partial charge in [0.05, 0.1) is 5.56 Å². The Kier molecular flexibility index (Phi) is 5.85. The Labute approximate surface area is 170 Å². The third kappa shape index (κ3) is 4.16. The zero-order valence-corrected chi connectivity index (χ0v) is 15.7. The lowest BCUT2D eigenvalue weighted by Crippen LogP contribution is -2.18. The van der Waals surface area contributed by atoms with Crippen LogP contribution in [0.15, 0.2) is 42.5 Å². The van der Waals surface area contributed by atoms with Gasteiger partial charge in [0.2, 0.25) is 11.6 Å². The number of rotatable bonds is 5. The Balaban J connectivity index is 2.07. The van der Waals surface area contributed by atoms with E-state index < -0.39 is 46.3 Å². The molecule has 30 heavy (non-hydrogen) atoms. The van der Waals surface area contributed by atoms with Crippen LogP contribution in [0.3, 0.4) is 0 Å². The largest absolute Gasteiger partial charge is 0.481 e. The van der Waals surface area contributed by atoms with Gasteiger partial charge in [0.25, 0.3) is 5.24 Å². The summed E-state index contributed by atoms with van der Waals surface area (Å²) < 4.78 is 90.8. The second kappa shape index (κ2) is 8.06. The molecule has 0 radical (unpaired) electrons. The lowest BCUT2D eigenvalue weighted by Gasteiger charge is -2.16. The lowest BCUT2D eigenvalue weighted by molar-refractivity contribution is -0.140. The summed E-state index contributed by atoms with van der Waals surface area (Å²) >= 11 is 5.37. The van der Waals surface area contributed by atoms with Crippen molar-refractivity contribution < 1.29 is 40.6 Å². The van der Waals surface area contributed by atoms with E-state index in [1.807, 2.05) is 0 Å². The zero-order chi connectivity index (χ0) is 22.2. The maximum atomic E-state index is 14.2. The van der Waals surface area contributed by atoms with Gasteiger partial charge in [0.15, 0.2) is 17.7 Å². The second-order valence-electron chi connectivity index (χ2n) is 6.13. The van der Waals surface area contributed by atoms with Crippen LogP contribution in [0.5, 0.6) is 17.2 Å². The smallest absolute Gasteiger partial charge is 0.419 e. The van der Waals surface area contributed by atoms with Gasteiger partial charge in [-0.15, -0.1) is 0 Å². The fourth-order valence-corrected chi connectivity index (χ4v) is 2.71. The predicted octanol–water partition coefficient (Wildman–Crippen LogP) is 6.60. The van der Waals surface area contributed by atoms with Crippen LogP contribution in [-0.4, -0.2) is 11.3 Å². The Morgan fingerprint density at radius 2 is 1.53 bits per heavy atom. The van der Waals surface area contributed by atoms with E-state index in [4.69, 9.17) is 21.1 Å². The Bertz CT molecular complexity index is 1130. The van der Waals surface area contributed by atoms with Gasteiger partial charge in [0, 0.05) is 10.8 Å². The highest BCUT2D eigenvalue weighted by Crippen LogP contribution is 2.40. The molecule has 0 fully saturated rings. The number of alkyl halides is 3. The molecule has 158 valence electrons. The van der Waals surface area contributed by atoms with Gasteiger partial charge < -0.3 is 9.47 Å². The number of ether oxygens (including phenoxy) is 2. The third-order valence-corrected chi connectivity index (χ3v) is 4.41. The highest BCUT2D eigenvalue weighted by molar-refractivity contribution is 6.64. The molecule has 3 nitrogen and oxygen atoms in total. The summed E-state index contributed by atoms with van der Waals surface area (Å²) in [7, 11) is 0. The molecule has 1 atom stereocenters. The highest BCUT2D eigenvalue weighted by atomic mass is 35.5. The molecule has 0 aromatic heterocycles. The van der Waals surface area contributed by atoms with Crippen molar-refractivity contribution in [3.05, 3.63) is 65.5 Å². The van der Waals surface area contributed by atoms with Crippen LogP contribution in [0, 0.1) is 17.5 Å². The van der Waals surface area contributed by atoms with E-state index in [2.05, 4.69) is 0 Å². The van der Waals surface area contributed by atoms with Crippen LogP contribution >= 0.6 is 11.6 Å². The minimum absolute atomic E-state index is 0.179. The number of carbonyl (C=O) groups excluding carboxylic acids is 1. The predicted molar refractivity (Wildman–Crippen MR) is 96.3 cm³/mol. The molecule has 0 saturated heterocycles. The molecule has 0 saturated carbocycles. The van der Waals surface area contributed by atoms with Gasteiger partial charge in [-0.25, -0.2) is 8.78 Å². The van der Waals surface area contributed by atoms with Gasteiger partial charge >= 0.3 is 6.18 Å². The first-order valence-corrected chi connectivity index (χ1v) is 8.68. The molecule has 1 unspecified atom stereocenters. The van der Waals surface area contributed by atoms with Gasteiger partial charge in [-0.3, -0.25) is 4.79 Å². The fraction of sp³-hybridized carbons (Fsp3) is 0.150. The molecule has 0 amide bonds. The third-order valence-electron chi connectivity index (χ3n) is 4.10. The van der Waals surface area contributed by atoms with Crippen molar-refractivity contribution in [2.24, 2.45) is 0 Å². The molecular formula is C20H11ClF6O3. The molecule has 3 rings (SSSR count). The lowest BCUT2D eigenvalue weighted by atomic mass is 10.1. The molecule has 0 aliphatic carbocycles. The molecule has 0 N–H and O–H groups in total. The van der Waals surface area contributed by atoms with Gasteiger partial charge in [-0.2, -0.15) is 17.6 Å². The Hall–Kier alpha value is -2.94. The molecule has 0 bridgehead atoms. The molecular weight excluding hydrogens is 438 g/mol. The van der Waals surface area contributed by atoms with Crippen molar-refractivity contribution in [1.82, 2.24) is 0 Å². The van der Waals surface area contributed by atoms with Crippen LogP contribution in [0.2, 0.25) is 0 Å². The summed E-state index contributed by atoms with van der Waals surface area (Å²) in [5.41, 5.74) is -2.09. The molecule has 0 aliphatic heterocycles. The molecule has 0 spiro atoms.